The first-order chi connectivity index (χ1) is 19.7. The predicted molar refractivity (Wildman–Crippen MR) is 140 cm³/mol. The van der Waals surface area contributed by atoms with Gasteiger partial charge in [-0.05, 0) is 48.0 Å². The number of rotatable bonds is 6. The summed E-state index contributed by atoms with van der Waals surface area (Å²) in [6.45, 7) is 2.78. The van der Waals surface area contributed by atoms with Gasteiger partial charge in [0.25, 0.3) is 5.89 Å². The average Bonchev–Trinajstić information content (AvgIpc) is 3.45. The summed E-state index contributed by atoms with van der Waals surface area (Å²) in [4.78, 5) is 19.4. The number of benzene rings is 3. The molecule has 6 rings (SSSR count). The minimum Gasteiger partial charge on any atom is -0.485 e. The van der Waals surface area contributed by atoms with Gasteiger partial charge in [0.1, 0.15) is 23.4 Å². The molecule has 1 aliphatic rings. The highest BCUT2D eigenvalue weighted by molar-refractivity contribution is 5.82. The largest absolute Gasteiger partial charge is 0.485 e. The van der Waals surface area contributed by atoms with Crippen molar-refractivity contribution in [1.29, 1.82) is 0 Å². The van der Waals surface area contributed by atoms with Gasteiger partial charge in [0.2, 0.25) is 5.82 Å². The molecule has 1 aliphatic heterocycles. The van der Waals surface area contributed by atoms with Gasteiger partial charge in [-0.2, -0.15) is 18.2 Å². The van der Waals surface area contributed by atoms with Gasteiger partial charge < -0.3 is 23.3 Å². The monoisotopic (exact) mass is 567 g/mol. The van der Waals surface area contributed by atoms with Crippen LogP contribution in [-0.4, -0.2) is 36.4 Å². The van der Waals surface area contributed by atoms with Crippen molar-refractivity contribution in [3.05, 3.63) is 94.4 Å². The minimum atomic E-state index is -4.73. The molecule has 0 atom stereocenters. The van der Waals surface area contributed by atoms with E-state index in [0.717, 1.165) is 36.5 Å². The molecule has 8 nitrogen and oxygen atoms in total. The third-order valence-corrected chi connectivity index (χ3v) is 6.61. The van der Waals surface area contributed by atoms with Crippen molar-refractivity contribution < 1.29 is 36.0 Å². The first kappa shape index (κ1) is 26.5. The molecule has 41 heavy (non-hydrogen) atoms. The Bertz CT molecular complexity index is 1760. The van der Waals surface area contributed by atoms with Crippen molar-refractivity contribution >= 4 is 16.7 Å². The second-order valence-corrected chi connectivity index (χ2v) is 9.31. The normalized spacial score (nSPS) is 14.0. The quantitative estimate of drug-likeness (QED) is 0.228. The molecule has 0 unspecified atom stereocenters. The van der Waals surface area contributed by atoms with Gasteiger partial charge in [0, 0.05) is 30.4 Å². The van der Waals surface area contributed by atoms with Gasteiger partial charge in [-0.25, -0.2) is 4.39 Å². The number of fused-ring (bicyclic) bond motifs is 1. The number of morpholine rings is 1. The van der Waals surface area contributed by atoms with Crippen LogP contribution in [0, 0.1) is 5.82 Å². The lowest BCUT2D eigenvalue weighted by molar-refractivity contribution is -0.137. The summed E-state index contributed by atoms with van der Waals surface area (Å²) in [7, 11) is 0. The molecule has 1 saturated heterocycles. The highest BCUT2D eigenvalue weighted by Crippen LogP contribution is 2.33. The number of halogens is 4. The molecule has 210 valence electrons. The van der Waals surface area contributed by atoms with Gasteiger partial charge in [0.15, 0.2) is 12.0 Å². The lowest BCUT2D eigenvalue weighted by Gasteiger charge is -2.28. The number of alkyl halides is 3. The van der Waals surface area contributed by atoms with Crippen molar-refractivity contribution in [1.82, 2.24) is 10.1 Å². The summed E-state index contributed by atoms with van der Waals surface area (Å²) < 4.78 is 74.6. The lowest BCUT2D eigenvalue weighted by atomic mass is 10.0. The first-order valence-corrected chi connectivity index (χ1v) is 12.6. The summed E-state index contributed by atoms with van der Waals surface area (Å²) in [6.07, 6.45) is -3.33. The Morgan fingerprint density at radius 3 is 2.49 bits per heavy atom. The highest BCUT2D eigenvalue weighted by atomic mass is 19.4. The molecule has 1 fully saturated rings. The van der Waals surface area contributed by atoms with E-state index in [4.69, 9.17) is 18.4 Å². The number of ether oxygens (including phenoxy) is 2. The van der Waals surface area contributed by atoms with Crippen LogP contribution in [0.4, 0.5) is 23.2 Å². The molecule has 2 aromatic heterocycles. The zero-order valence-corrected chi connectivity index (χ0v) is 21.3. The Morgan fingerprint density at radius 1 is 0.951 bits per heavy atom. The SMILES string of the molecule is O=c1c(-c2ccc(N3CCOCC3)cc2)coc2cc(OCc3noc(-c4cc(F)cc(C(F)(F)F)c4)n3)ccc12. The molecular weight excluding hydrogens is 546 g/mol. The van der Waals surface area contributed by atoms with Gasteiger partial charge >= 0.3 is 6.18 Å². The first-order valence-electron chi connectivity index (χ1n) is 12.6. The lowest BCUT2D eigenvalue weighted by Crippen LogP contribution is -2.36. The molecular formula is C29H21F4N3O5. The summed E-state index contributed by atoms with van der Waals surface area (Å²) in [5, 5.41) is 4.05. The molecule has 3 heterocycles. The minimum absolute atomic E-state index is 0.0234. The van der Waals surface area contributed by atoms with E-state index in [1.807, 2.05) is 24.3 Å². The van der Waals surface area contributed by atoms with Crippen LogP contribution in [-0.2, 0) is 17.5 Å². The third kappa shape index (κ3) is 5.64. The van der Waals surface area contributed by atoms with Crippen LogP contribution in [0.15, 0.2) is 80.7 Å². The number of hydrogen-bond acceptors (Lipinski definition) is 8. The second kappa shape index (κ2) is 10.7. The maximum atomic E-state index is 13.7. The predicted octanol–water partition coefficient (Wildman–Crippen LogP) is 6.08. The molecule has 3 aromatic carbocycles. The van der Waals surface area contributed by atoms with E-state index >= 15 is 0 Å². The molecule has 0 aliphatic carbocycles. The summed E-state index contributed by atoms with van der Waals surface area (Å²) >= 11 is 0. The van der Waals surface area contributed by atoms with Crippen LogP contribution in [0.1, 0.15) is 11.4 Å². The van der Waals surface area contributed by atoms with Crippen molar-refractivity contribution in [2.45, 2.75) is 12.8 Å². The Hall–Kier alpha value is -4.71. The molecule has 0 N–H and O–H groups in total. The number of hydrogen-bond donors (Lipinski definition) is 0. The molecule has 0 spiro atoms. The van der Waals surface area contributed by atoms with Crippen molar-refractivity contribution in [3.63, 3.8) is 0 Å². The van der Waals surface area contributed by atoms with E-state index in [0.29, 0.717) is 41.6 Å². The topological polar surface area (TPSA) is 90.8 Å². The molecule has 0 saturated carbocycles. The third-order valence-electron chi connectivity index (χ3n) is 6.61. The molecule has 12 heteroatoms. The molecule has 0 radical (unpaired) electrons. The van der Waals surface area contributed by atoms with E-state index in [1.165, 1.54) is 12.3 Å². The standard InChI is InChI=1S/C29H21F4N3O5/c30-20-12-18(11-19(13-20)29(31,32)33)28-34-26(35-41-28)16-39-22-5-6-23-25(14-22)40-15-24(27(23)37)17-1-3-21(4-2-17)36-7-9-38-10-8-36/h1-6,11-15H,7-10,16H2. The summed E-state index contributed by atoms with van der Waals surface area (Å²) in [5.74, 6) is -1.02. The zero-order valence-electron chi connectivity index (χ0n) is 21.3. The number of nitrogens with zero attached hydrogens (tertiary/aromatic N) is 3. The molecule has 0 amide bonds. The van der Waals surface area contributed by atoms with Gasteiger partial charge in [0.05, 0.1) is 29.7 Å². The Labute approximate surface area is 229 Å². The van der Waals surface area contributed by atoms with Crippen LogP contribution in [0.25, 0.3) is 33.6 Å². The van der Waals surface area contributed by atoms with Gasteiger partial charge in [-0.3, -0.25) is 4.79 Å². The van der Waals surface area contributed by atoms with E-state index in [9.17, 15) is 22.4 Å². The van der Waals surface area contributed by atoms with E-state index in [1.54, 1.807) is 12.1 Å². The summed E-state index contributed by atoms with van der Waals surface area (Å²) in [6, 6.07) is 14.4. The van der Waals surface area contributed by atoms with Crippen LogP contribution in [0.5, 0.6) is 5.75 Å². The number of aromatic nitrogens is 2. The van der Waals surface area contributed by atoms with E-state index in [2.05, 4.69) is 15.0 Å². The van der Waals surface area contributed by atoms with Crippen LogP contribution < -0.4 is 15.1 Å². The smallest absolute Gasteiger partial charge is 0.416 e. The fourth-order valence-electron chi connectivity index (χ4n) is 4.53. The van der Waals surface area contributed by atoms with Crippen LogP contribution in [0.2, 0.25) is 0 Å². The Morgan fingerprint density at radius 2 is 1.73 bits per heavy atom. The second-order valence-electron chi connectivity index (χ2n) is 9.31. The van der Waals surface area contributed by atoms with Crippen molar-refractivity contribution in [3.8, 4) is 28.3 Å². The fraction of sp³-hybridized carbons (Fsp3) is 0.207. The molecule has 0 bridgehead atoms. The summed E-state index contributed by atoms with van der Waals surface area (Å²) in [5.41, 5.74) is 0.920. The van der Waals surface area contributed by atoms with E-state index < -0.39 is 17.6 Å². The Kier molecular flexibility index (Phi) is 6.91. The maximum absolute atomic E-state index is 13.7. The van der Waals surface area contributed by atoms with Crippen molar-refractivity contribution in [2.75, 3.05) is 31.2 Å². The zero-order chi connectivity index (χ0) is 28.6. The Balaban J connectivity index is 1.16. The highest BCUT2D eigenvalue weighted by Gasteiger charge is 2.32. The average molecular weight is 567 g/mol. The van der Waals surface area contributed by atoms with Crippen LogP contribution in [0.3, 0.4) is 0 Å². The van der Waals surface area contributed by atoms with Gasteiger partial charge in [-0.15, -0.1) is 0 Å². The maximum Gasteiger partial charge on any atom is 0.416 e. The van der Waals surface area contributed by atoms with Gasteiger partial charge in [-0.1, -0.05) is 17.3 Å². The van der Waals surface area contributed by atoms with Crippen LogP contribution >= 0.6 is 0 Å². The molecule has 5 aromatic rings. The fourth-order valence-corrected chi connectivity index (χ4v) is 4.53. The number of anilines is 1. The van der Waals surface area contributed by atoms with E-state index in [-0.39, 0.29) is 29.3 Å². The van der Waals surface area contributed by atoms with Crippen molar-refractivity contribution in [2.24, 2.45) is 0 Å².